The van der Waals surface area contributed by atoms with E-state index in [9.17, 15) is 18.0 Å². The number of fused-ring (bicyclic) bond motifs is 1. The second-order valence-electron chi connectivity index (χ2n) is 8.82. The lowest BCUT2D eigenvalue weighted by atomic mass is 9.91. The molecule has 0 saturated carbocycles. The number of carbonyl (C=O) groups is 1. The Hall–Kier alpha value is -4.65. The number of para-hydroxylation sites is 1. The molecule has 1 heterocycles. The molecule has 0 atom stereocenters. The van der Waals surface area contributed by atoms with Gasteiger partial charge in [0.1, 0.15) is 12.4 Å². The Morgan fingerprint density at radius 3 is 2.21 bits per heavy atom. The highest BCUT2D eigenvalue weighted by Gasteiger charge is 2.33. The van der Waals surface area contributed by atoms with Crippen molar-refractivity contribution < 1.29 is 27.8 Å². The largest absolute Gasteiger partial charge is 0.489 e. The van der Waals surface area contributed by atoms with Crippen molar-refractivity contribution in [2.45, 2.75) is 19.2 Å². The van der Waals surface area contributed by atoms with Crippen LogP contribution in [-0.2, 0) is 24.0 Å². The highest BCUT2D eigenvalue weighted by atomic mass is 19.4. The van der Waals surface area contributed by atoms with Gasteiger partial charge in [-0.2, -0.15) is 13.2 Å². The molecule has 4 nitrogen and oxygen atoms in total. The lowest BCUT2D eigenvalue weighted by molar-refractivity contribution is -0.137. The monoisotopic (exact) mass is 513 g/mol. The molecule has 1 N–H and O–H groups in total. The van der Waals surface area contributed by atoms with Gasteiger partial charge in [-0.3, -0.25) is 9.78 Å². The maximum absolute atomic E-state index is 13.8. The third-order valence-corrected chi connectivity index (χ3v) is 6.19. The average Bonchev–Trinajstić information content (AvgIpc) is 2.91. The Morgan fingerprint density at radius 1 is 0.816 bits per heavy atom. The van der Waals surface area contributed by atoms with Crippen molar-refractivity contribution in [3.8, 4) is 28.0 Å². The number of pyridine rings is 1. The van der Waals surface area contributed by atoms with Crippen molar-refractivity contribution in [3.63, 3.8) is 0 Å². The van der Waals surface area contributed by atoms with Crippen LogP contribution >= 0.6 is 0 Å². The van der Waals surface area contributed by atoms with Gasteiger partial charge < -0.3 is 9.84 Å². The van der Waals surface area contributed by atoms with Crippen molar-refractivity contribution in [3.05, 3.63) is 120 Å². The van der Waals surface area contributed by atoms with Crippen LogP contribution in [0.5, 0.6) is 5.75 Å². The van der Waals surface area contributed by atoms with E-state index in [4.69, 9.17) is 9.84 Å². The second-order valence-corrected chi connectivity index (χ2v) is 8.82. The first-order valence-corrected chi connectivity index (χ1v) is 11.9. The molecule has 0 bridgehead atoms. The molecule has 0 fully saturated rings. The number of aromatic nitrogens is 1. The van der Waals surface area contributed by atoms with Crippen LogP contribution in [0.25, 0.3) is 33.2 Å². The van der Waals surface area contributed by atoms with Gasteiger partial charge in [0.25, 0.3) is 0 Å². The molecule has 0 saturated heterocycles. The van der Waals surface area contributed by atoms with Gasteiger partial charge in [0.15, 0.2) is 0 Å². The third kappa shape index (κ3) is 5.37. The standard InChI is InChI=1S/C31H22F3NO3/c32-31(33,34)27-11-5-10-25-29(26(18-35-30(25)27)22-6-2-1-3-7-22)23-8-4-9-24(17-23)38-19-21-14-12-20(13-15-21)16-28(36)37/h1-15,17-18H,16,19H2,(H,36,37). The van der Waals surface area contributed by atoms with Gasteiger partial charge >= 0.3 is 12.1 Å². The van der Waals surface area contributed by atoms with Crippen molar-refractivity contribution in [2.24, 2.45) is 0 Å². The summed E-state index contributed by atoms with van der Waals surface area (Å²) >= 11 is 0. The minimum absolute atomic E-state index is 0.0527. The van der Waals surface area contributed by atoms with E-state index in [1.807, 2.05) is 48.5 Å². The van der Waals surface area contributed by atoms with E-state index in [0.29, 0.717) is 33.4 Å². The fourth-order valence-electron chi connectivity index (χ4n) is 4.44. The number of ether oxygens (including phenoxy) is 1. The highest BCUT2D eigenvalue weighted by molar-refractivity contribution is 6.03. The van der Waals surface area contributed by atoms with E-state index in [2.05, 4.69) is 4.98 Å². The van der Waals surface area contributed by atoms with E-state index in [-0.39, 0.29) is 18.5 Å². The average molecular weight is 514 g/mol. The van der Waals surface area contributed by atoms with Crippen molar-refractivity contribution in [1.29, 1.82) is 0 Å². The Bertz CT molecular complexity index is 1600. The van der Waals surface area contributed by atoms with Crippen LogP contribution in [0, 0.1) is 0 Å². The van der Waals surface area contributed by atoms with Gasteiger partial charge in [-0.25, -0.2) is 0 Å². The second kappa shape index (κ2) is 10.4. The Balaban J connectivity index is 1.55. The molecule has 0 amide bonds. The predicted molar refractivity (Wildman–Crippen MR) is 140 cm³/mol. The van der Waals surface area contributed by atoms with E-state index in [1.54, 1.807) is 36.4 Å². The van der Waals surface area contributed by atoms with Gasteiger partial charge in [0.05, 0.1) is 17.5 Å². The Kier molecular flexibility index (Phi) is 6.83. The Labute approximate surface area is 217 Å². The van der Waals surface area contributed by atoms with Gasteiger partial charge in [0.2, 0.25) is 0 Å². The summed E-state index contributed by atoms with van der Waals surface area (Å²) in [4.78, 5) is 15.1. The summed E-state index contributed by atoms with van der Waals surface area (Å²) in [5, 5.41) is 9.33. The highest BCUT2D eigenvalue weighted by Crippen LogP contribution is 2.42. The number of hydrogen-bond donors (Lipinski definition) is 1. The Morgan fingerprint density at radius 2 is 1.50 bits per heavy atom. The van der Waals surface area contributed by atoms with Crippen LogP contribution < -0.4 is 4.74 Å². The first-order valence-electron chi connectivity index (χ1n) is 11.9. The molecule has 0 spiro atoms. The van der Waals surface area contributed by atoms with Gasteiger partial charge in [-0.1, -0.05) is 78.9 Å². The normalized spacial score (nSPS) is 11.4. The SMILES string of the molecule is O=C(O)Cc1ccc(COc2cccc(-c3c(-c4ccccc4)cnc4c(C(F)(F)F)cccc34)c2)cc1. The minimum atomic E-state index is -4.54. The zero-order valence-corrected chi connectivity index (χ0v) is 20.1. The first kappa shape index (κ1) is 25.0. The molecule has 0 aliphatic carbocycles. The predicted octanol–water partition coefficient (Wildman–Crippen LogP) is 7.79. The fourth-order valence-corrected chi connectivity index (χ4v) is 4.44. The van der Waals surface area contributed by atoms with E-state index in [1.165, 1.54) is 12.3 Å². The number of halogens is 3. The summed E-state index contributed by atoms with van der Waals surface area (Å²) in [6.07, 6.45) is -3.10. The fraction of sp³-hybridized carbons (Fsp3) is 0.0968. The minimum Gasteiger partial charge on any atom is -0.489 e. The molecule has 0 unspecified atom stereocenters. The molecule has 0 radical (unpaired) electrons. The number of nitrogens with zero attached hydrogens (tertiary/aromatic N) is 1. The van der Waals surface area contributed by atoms with Crippen molar-refractivity contribution in [2.75, 3.05) is 0 Å². The van der Waals surface area contributed by atoms with Crippen LogP contribution in [0.1, 0.15) is 16.7 Å². The summed E-state index contributed by atoms with van der Waals surface area (Å²) in [7, 11) is 0. The number of benzene rings is 4. The van der Waals surface area contributed by atoms with E-state index in [0.717, 1.165) is 17.2 Å². The smallest absolute Gasteiger partial charge is 0.418 e. The van der Waals surface area contributed by atoms with Crippen LogP contribution in [0.3, 0.4) is 0 Å². The molecular formula is C31H22F3NO3. The summed E-state index contributed by atoms with van der Waals surface area (Å²) in [6, 6.07) is 27.9. The molecule has 5 aromatic rings. The molecule has 0 aliphatic heterocycles. The molecule has 0 aliphatic rings. The molecule has 190 valence electrons. The molecule has 38 heavy (non-hydrogen) atoms. The number of carboxylic acids is 1. The molecular weight excluding hydrogens is 491 g/mol. The molecule has 7 heteroatoms. The number of carboxylic acid groups (broad SMARTS) is 1. The van der Waals surface area contributed by atoms with Gasteiger partial charge in [0, 0.05) is 22.7 Å². The number of aliphatic carboxylic acids is 1. The molecule has 4 aromatic carbocycles. The zero-order valence-electron chi connectivity index (χ0n) is 20.1. The summed E-state index contributed by atoms with van der Waals surface area (Å²) in [5.41, 5.74) is 3.54. The summed E-state index contributed by atoms with van der Waals surface area (Å²) in [6.45, 7) is 0.248. The van der Waals surface area contributed by atoms with Crippen molar-refractivity contribution >= 4 is 16.9 Å². The number of hydrogen-bond acceptors (Lipinski definition) is 3. The topological polar surface area (TPSA) is 59.4 Å². The van der Waals surface area contributed by atoms with E-state index < -0.39 is 17.7 Å². The number of rotatable bonds is 7. The molecule has 5 rings (SSSR count). The maximum atomic E-state index is 13.8. The van der Waals surface area contributed by atoms with Crippen LogP contribution in [0.15, 0.2) is 103 Å². The van der Waals surface area contributed by atoms with Gasteiger partial charge in [-0.15, -0.1) is 0 Å². The zero-order chi connectivity index (χ0) is 26.7. The van der Waals surface area contributed by atoms with Crippen LogP contribution in [0.2, 0.25) is 0 Å². The third-order valence-electron chi connectivity index (χ3n) is 6.19. The molecule has 1 aromatic heterocycles. The van der Waals surface area contributed by atoms with E-state index >= 15 is 0 Å². The lowest BCUT2D eigenvalue weighted by Gasteiger charge is -2.17. The lowest BCUT2D eigenvalue weighted by Crippen LogP contribution is -2.07. The van der Waals surface area contributed by atoms with Gasteiger partial charge in [-0.05, 0) is 40.5 Å². The maximum Gasteiger partial charge on any atom is 0.418 e. The number of alkyl halides is 3. The van der Waals surface area contributed by atoms with Crippen molar-refractivity contribution in [1.82, 2.24) is 4.98 Å². The summed E-state index contributed by atoms with van der Waals surface area (Å²) in [5.74, 6) is -0.347. The van der Waals surface area contributed by atoms with Crippen LogP contribution in [0.4, 0.5) is 13.2 Å². The quantitative estimate of drug-likeness (QED) is 0.241. The summed E-state index contributed by atoms with van der Waals surface area (Å²) < 4.78 is 47.4. The van der Waals surface area contributed by atoms with Crippen LogP contribution in [-0.4, -0.2) is 16.1 Å². The first-order chi connectivity index (χ1) is 18.3.